The number of morpholine rings is 1. The van der Waals surface area contributed by atoms with Crippen LogP contribution < -0.4 is 4.90 Å². The van der Waals surface area contributed by atoms with Crippen molar-refractivity contribution >= 4 is 27.4 Å². The summed E-state index contributed by atoms with van der Waals surface area (Å²) in [6, 6.07) is 10.7. The second kappa shape index (κ2) is 8.18. The first-order valence-corrected chi connectivity index (χ1v) is 11.4. The third-order valence-electron chi connectivity index (χ3n) is 5.88. The summed E-state index contributed by atoms with van der Waals surface area (Å²) in [5.41, 5.74) is 2.88. The number of rotatable bonds is 4. The molecule has 2 aromatic heterocycles. The molecule has 0 radical (unpaired) electrons. The van der Waals surface area contributed by atoms with E-state index in [9.17, 15) is 0 Å². The van der Waals surface area contributed by atoms with E-state index >= 15 is 0 Å². The number of aryl methyl sites for hydroxylation is 4. The molecule has 146 valence electrons. The Bertz CT molecular complexity index is 947. The smallest absolute Gasteiger partial charge is 0.141 e. The number of anilines is 1. The highest BCUT2D eigenvalue weighted by molar-refractivity contribution is 7.19. The molecule has 28 heavy (non-hydrogen) atoms. The number of aromatic nitrogens is 2. The lowest BCUT2D eigenvalue weighted by Gasteiger charge is -2.29. The van der Waals surface area contributed by atoms with Crippen LogP contribution in [0.15, 0.2) is 30.3 Å². The Balaban J connectivity index is 1.54. The quantitative estimate of drug-likeness (QED) is 0.608. The molecule has 1 aliphatic carbocycles. The molecule has 0 bridgehead atoms. The minimum absolute atomic E-state index is 0.789. The molecule has 0 atom stereocenters. The monoisotopic (exact) mass is 393 g/mol. The predicted octanol–water partition coefficient (Wildman–Crippen LogP) is 4.58. The van der Waals surface area contributed by atoms with Crippen molar-refractivity contribution in [2.75, 3.05) is 31.2 Å². The lowest BCUT2D eigenvalue weighted by molar-refractivity contribution is 0.122. The minimum atomic E-state index is 0.789. The van der Waals surface area contributed by atoms with Gasteiger partial charge in [0.25, 0.3) is 0 Å². The van der Waals surface area contributed by atoms with Gasteiger partial charge in [0.05, 0.1) is 18.6 Å². The molecule has 1 saturated heterocycles. The maximum Gasteiger partial charge on any atom is 0.141 e. The Morgan fingerprint density at radius 2 is 1.75 bits per heavy atom. The van der Waals surface area contributed by atoms with E-state index in [0.717, 1.165) is 50.8 Å². The average molecular weight is 394 g/mol. The summed E-state index contributed by atoms with van der Waals surface area (Å²) in [6.07, 6.45) is 8.20. The molecule has 1 fully saturated rings. The van der Waals surface area contributed by atoms with Gasteiger partial charge in [0, 0.05) is 24.4 Å². The number of ether oxygens (including phenoxy) is 1. The molecule has 5 rings (SSSR count). The summed E-state index contributed by atoms with van der Waals surface area (Å²) in [4.78, 5) is 15.3. The van der Waals surface area contributed by atoms with Crippen LogP contribution in [0.5, 0.6) is 0 Å². The van der Waals surface area contributed by atoms with Gasteiger partial charge in [-0.1, -0.05) is 36.8 Å². The molecule has 0 spiro atoms. The van der Waals surface area contributed by atoms with Gasteiger partial charge in [-0.25, -0.2) is 9.97 Å². The molecule has 1 aliphatic heterocycles. The van der Waals surface area contributed by atoms with E-state index in [-0.39, 0.29) is 0 Å². The van der Waals surface area contributed by atoms with Crippen LogP contribution in [0.25, 0.3) is 10.2 Å². The zero-order chi connectivity index (χ0) is 18.8. The molecule has 1 aromatic carbocycles. The second-order valence-corrected chi connectivity index (χ2v) is 8.88. The van der Waals surface area contributed by atoms with Crippen molar-refractivity contribution in [1.82, 2.24) is 9.97 Å². The molecule has 5 heteroatoms. The normalized spacial score (nSPS) is 17.5. The van der Waals surface area contributed by atoms with Gasteiger partial charge in [-0.15, -0.1) is 11.3 Å². The molecule has 3 aromatic rings. The summed E-state index contributed by atoms with van der Waals surface area (Å²) in [7, 11) is 0. The molecule has 4 nitrogen and oxygen atoms in total. The van der Waals surface area contributed by atoms with Gasteiger partial charge in [-0.05, 0) is 43.2 Å². The number of thiophene rings is 1. The third kappa shape index (κ3) is 3.65. The Labute approximate surface area is 170 Å². The number of hydrogen-bond acceptors (Lipinski definition) is 5. The maximum atomic E-state index is 5.60. The van der Waals surface area contributed by atoms with E-state index in [1.807, 2.05) is 11.3 Å². The van der Waals surface area contributed by atoms with E-state index in [4.69, 9.17) is 14.7 Å². The fourth-order valence-corrected chi connectivity index (χ4v) is 5.65. The molecular weight excluding hydrogens is 366 g/mol. The molecule has 0 unspecified atom stereocenters. The Kier molecular flexibility index (Phi) is 5.28. The second-order valence-electron chi connectivity index (χ2n) is 7.79. The Morgan fingerprint density at radius 1 is 0.929 bits per heavy atom. The molecule has 0 saturated carbocycles. The van der Waals surface area contributed by atoms with Gasteiger partial charge in [-0.3, -0.25) is 0 Å². The first-order chi connectivity index (χ1) is 13.9. The highest BCUT2D eigenvalue weighted by Crippen LogP contribution is 2.39. The van der Waals surface area contributed by atoms with Crippen LogP contribution in [0.1, 0.15) is 41.1 Å². The summed E-state index contributed by atoms with van der Waals surface area (Å²) >= 11 is 1.92. The van der Waals surface area contributed by atoms with E-state index in [1.165, 1.54) is 53.4 Å². The van der Waals surface area contributed by atoms with Crippen molar-refractivity contribution < 1.29 is 4.74 Å². The highest BCUT2D eigenvalue weighted by atomic mass is 32.1. The van der Waals surface area contributed by atoms with Crippen LogP contribution in [0, 0.1) is 0 Å². The summed E-state index contributed by atoms with van der Waals surface area (Å²) in [6.45, 7) is 3.43. The highest BCUT2D eigenvalue weighted by Gasteiger charge is 2.24. The van der Waals surface area contributed by atoms with E-state index in [2.05, 4.69) is 35.2 Å². The fraction of sp³-hybridized carbons (Fsp3) is 0.478. The van der Waals surface area contributed by atoms with Crippen LogP contribution in [0.2, 0.25) is 0 Å². The summed E-state index contributed by atoms with van der Waals surface area (Å²) < 4.78 is 5.60. The van der Waals surface area contributed by atoms with Crippen molar-refractivity contribution in [3.63, 3.8) is 0 Å². The van der Waals surface area contributed by atoms with Gasteiger partial charge in [0.15, 0.2) is 0 Å². The lowest BCUT2D eigenvalue weighted by atomic mass is 10.1. The molecule has 2 aliphatic rings. The fourth-order valence-electron chi connectivity index (χ4n) is 4.37. The molecule has 3 heterocycles. The van der Waals surface area contributed by atoms with Crippen LogP contribution in [-0.4, -0.2) is 36.3 Å². The number of nitrogens with zero attached hydrogens (tertiary/aromatic N) is 3. The maximum absolute atomic E-state index is 5.60. The topological polar surface area (TPSA) is 38.2 Å². The predicted molar refractivity (Wildman–Crippen MR) is 116 cm³/mol. The number of hydrogen-bond donors (Lipinski definition) is 0. The summed E-state index contributed by atoms with van der Waals surface area (Å²) in [5.74, 6) is 2.14. The van der Waals surface area contributed by atoms with Gasteiger partial charge < -0.3 is 9.64 Å². The first-order valence-electron chi connectivity index (χ1n) is 10.6. The molecule has 0 N–H and O–H groups in total. The van der Waals surface area contributed by atoms with Crippen LogP contribution >= 0.6 is 11.3 Å². The largest absolute Gasteiger partial charge is 0.378 e. The van der Waals surface area contributed by atoms with E-state index < -0.39 is 0 Å². The minimum Gasteiger partial charge on any atom is -0.378 e. The zero-order valence-corrected chi connectivity index (χ0v) is 17.1. The number of benzene rings is 1. The molecule has 0 amide bonds. The zero-order valence-electron chi connectivity index (χ0n) is 16.3. The van der Waals surface area contributed by atoms with Crippen LogP contribution in [0.4, 0.5) is 5.82 Å². The van der Waals surface area contributed by atoms with Gasteiger partial charge in [0.2, 0.25) is 0 Å². The van der Waals surface area contributed by atoms with Crippen LogP contribution in [-0.2, 0) is 30.4 Å². The Morgan fingerprint density at radius 3 is 2.61 bits per heavy atom. The Hall–Kier alpha value is -1.98. The standard InChI is InChI=1S/C23H27N3OS/c1-3-7-17(8-4-1)11-12-20-24-22(26-13-15-27-16-14-26)21-18-9-5-2-6-10-19(18)28-23(21)25-20/h1,3-4,7-8H,2,5-6,9-16H2. The van der Waals surface area contributed by atoms with Crippen LogP contribution in [0.3, 0.4) is 0 Å². The average Bonchev–Trinajstić information content (AvgIpc) is 2.94. The SMILES string of the molecule is c1ccc(CCc2nc(N3CCOCC3)c3c4c(sc3n2)CCCCC4)cc1. The number of fused-ring (bicyclic) bond motifs is 3. The first kappa shape index (κ1) is 18.1. The van der Waals surface area contributed by atoms with Crippen molar-refractivity contribution in [1.29, 1.82) is 0 Å². The third-order valence-corrected chi connectivity index (χ3v) is 7.07. The lowest BCUT2D eigenvalue weighted by Crippen LogP contribution is -2.37. The van der Waals surface area contributed by atoms with Crippen molar-refractivity contribution in [3.8, 4) is 0 Å². The van der Waals surface area contributed by atoms with E-state index in [1.54, 1.807) is 4.88 Å². The van der Waals surface area contributed by atoms with Gasteiger partial charge in [-0.2, -0.15) is 0 Å². The van der Waals surface area contributed by atoms with E-state index in [0.29, 0.717) is 0 Å². The summed E-state index contributed by atoms with van der Waals surface area (Å²) in [5, 5.41) is 1.34. The van der Waals surface area contributed by atoms with Gasteiger partial charge in [0.1, 0.15) is 16.5 Å². The molecular formula is C23H27N3OS. The van der Waals surface area contributed by atoms with Crippen molar-refractivity contribution in [2.24, 2.45) is 0 Å². The van der Waals surface area contributed by atoms with Crippen molar-refractivity contribution in [3.05, 3.63) is 52.2 Å². The van der Waals surface area contributed by atoms with Crippen molar-refractivity contribution in [2.45, 2.75) is 44.9 Å². The van der Waals surface area contributed by atoms with Gasteiger partial charge >= 0.3 is 0 Å².